The molecule has 0 atom stereocenters. The zero-order chi connectivity index (χ0) is 24.0. The lowest BCUT2D eigenvalue weighted by Gasteiger charge is -2.11. The highest BCUT2D eigenvalue weighted by Gasteiger charge is 2.31. The molecule has 0 saturated carbocycles. The third kappa shape index (κ3) is 4.94. The van der Waals surface area contributed by atoms with Crippen LogP contribution >= 0.6 is 23.1 Å². The van der Waals surface area contributed by atoms with Gasteiger partial charge in [0.15, 0.2) is 5.58 Å². The molecule has 0 aliphatic rings. The van der Waals surface area contributed by atoms with Crippen molar-refractivity contribution in [1.82, 2.24) is 13.9 Å². The molecule has 4 rings (SSSR count). The van der Waals surface area contributed by atoms with Gasteiger partial charge in [-0.2, -0.15) is 4.37 Å². The summed E-state index contributed by atoms with van der Waals surface area (Å²) in [6, 6.07) is 4.67. The highest BCUT2D eigenvalue weighted by molar-refractivity contribution is 7.93. The molecule has 0 aliphatic heterocycles. The predicted molar refractivity (Wildman–Crippen MR) is 108 cm³/mol. The molecule has 16 heteroatoms. The molecule has 0 unspecified atom stereocenters. The third-order valence-corrected chi connectivity index (χ3v) is 6.59. The van der Waals surface area contributed by atoms with Gasteiger partial charge in [0.05, 0.1) is 12.1 Å². The lowest BCUT2D eigenvalue weighted by molar-refractivity contribution is -0.274. The first-order chi connectivity index (χ1) is 15.4. The van der Waals surface area contributed by atoms with Crippen molar-refractivity contribution >= 4 is 49.4 Å². The number of halogens is 5. The molecule has 0 spiro atoms. The molecule has 33 heavy (non-hydrogen) atoms. The Kier molecular flexibility index (Phi) is 5.79. The summed E-state index contributed by atoms with van der Waals surface area (Å²) < 4.78 is 92.1. The number of hydrogen-bond donors (Lipinski definition) is 1. The van der Waals surface area contributed by atoms with Crippen molar-refractivity contribution in [3.05, 3.63) is 63.6 Å². The van der Waals surface area contributed by atoms with Crippen LogP contribution in [0.2, 0.25) is 5.02 Å². The second-order valence-electron chi connectivity index (χ2n) is 6.36. The Morgan fingerprint density at radius 1 is 1.24 bits per heavy atom. The smallest absolute Gasteiger partial charge is 0.408 e. The fourth-order valence-corrected chi connectivity index (χ4v) is 4.88. The molecule has 0 bridgehead atoms. The Bertz CT molecular complexity index is 1500. The Balaban J connectivity index is 1.66. The summed E-state index contributed by atoms with van der Waals surface area (Å²) in [6.45, 7) is -0.356. The summed E-state index contributed by atoms with van der Waals surface area (Å²) in [5.41, 5.74) is -0.108. The molecule has 0 fully saturated rings. The fraction of sp³-hybridized carbons (Fsp3) is 0.118. The van der Waals surface area contributed by atoms with Crippen molar-refractivity contribution in [3.63, 3.8) is 0 Å². The van der Waals surface area contributed by atoms with Crippen LogP contribution in [0.1, 0.15) is 5.56 Å². The molecule has 174 valence electrons. The topological polar surface area (TPSA) is 116 Å². The van der Waals surface area contributed by atoms with Crippen molar-refractivity contribution < 1.29 is 35.1 Å². The fourth-order valence-electron chi connectivity index (χ4n) is 2.85. The van der Waals surface area contributed by atoms with Crippen LogP contribution in [-0.2, 0) is 16.6 Å². The van der Waals surface area contributed by atoms with Gasteiger partial charge in [0.2, 0.25) is 5.13 Å². The number of aromatic nitrogens is 3. The van der Waals surface area contributed by atoms with Gasteiger partial charge >= 0.3 is 12.1 Å². The minimum Gasteiger partial charge on any atom is -0.408 e. The maximum absolute atomic E-state index is 14.7. The number of ether oxygens (including phenoxy) is 1. The van der Waals surface area contributed by atoms with E-state index in [2.05, 4.69) is 18.8 Å². The first kappa shape index (κ1) is 23.0. The third-order valence-electron chi connectivity index (χ3n) is 4.18. The van der Waals surface area contributed by atoms with Crippen molar-refractivity contribution in [2.45, 2.75) is 17.8 Å². The Labute approximate surface area is 190 Å². The van der Waals surface area contributed by atoms with Gasteiger partial charge in [-0.25, -0.2) is 22.6 Å². The normalized spacial score (nSPS) is 12.3. The van der Waals surface area contributed by atoms with Gasteiger partial charge in [-0.15, -0.1) is 13.2 Å². The van der Waals surface area contributed by atoms with Crippen molar-refractivity contribution in [1.29, 1.82) is 0 Å². The molecule has 0 amide bonds. The van der Waals surface area contributed by atoms with E-state index in [9.17, 15) is 30.8 Å². The first-order valence-electron chi connectivity index (χ1n) is 8.59. The van der Waals surface area contributed by atoms with Crippen LogP contribution < -0.4 is 15.2 Å². The number of benzene rings is 2. The number of hydrogen-bond acceptors (Lipinski definition) is 8. The van der Waals surface area contributed by atoms with E-state index >= 15 is 0 Å². The highest BCUT2D eigenvalue weighted by Crippen LogP contribution is 2.29. The summed E-state index contributed by atoms with van der Waals surface area (Å²) in [5.74, 6) is -2.72. The number of anilines is 1. The van der Waals surface area contributed by atoms with E-state index in [1.54, 1.807) is 0 Å². The Hall–Kier alpha value is -3.17. The van der Waals surface area contributed by atoms with E-state index < -0.39 is 38.6 Å². The van der Waals surface area contributed by atoms with Crippen molar-refractivity contribution in [3.8, 4) is 5.75 Å². The summed E-state index contributed by atoms with van der Waals surface area (Å²) in [6.07, 6.45) is -3.82. The Morgan fingerprint density at radius 2 is 2.00 bits per heavy atom. The van der Waals surface area contributed by atoms with E-state index in [0.29, 0.717) is 0 Å². The van der Waals surface area contributed by atoms with Gasteiger partial charge in [0.1, 0.15) is 22.8 Å². The number of oxazole rings is 1. The van der Waals surface area contributed by atoms with Gasteiger partial charge in [0, 0.05) is 22.6 Å². The number of alkyl halides is 3. The zero-order valence-corrected chi connectivity index (χ0v) is 18.1. The van der Waals surface area contributed by atoms with Gasteiger partial charge in [-0.05, 0) is 29.8 Å². The molecule has 2 aromatic heterocycles. The molecule has 0 saturated heterocycles. The van der Waals surface area contributed by atoms with E-state index in [1.165, 1.54) is 0 Å². The van der Waals surface area contributed by atoms with E-state index in [4.69, 9.17) is 16.0 Å². The average molecular weight is 525 g/mol. The number of nitrogens with zero attached hydrogens (tertiary/aromatic N) is 3. The molecular formula is C17H9ClF4N4O5S2. The van der Waals surface area contributed by atoms with Crippen LogP contribution in [0.15, 0.2) is 50.8 Å². The van der Waals surface area contributed by atoms with Crippen LogP contribution in [-0.4, -0.2) is 28.7 Å². The molecule has 4 aromatic rings. The molecule has 2 heterocycles. The van der Waals surface area contributed by atoms with Crippen LogP contribution in [0.5, 0.6) is 5.75 Å². The van der Waals surface area contributed by atoms with Crippen LogP contribution in [0.4, 0.5) is 22.7 Å². The van der Waals surface area contributed by atoms with Crippen molar-refractivity contribution in [2.75, 3.05) is 4.72 Å². The average Bonchev–Trinajstić information content (AvgIpc) is 3.30. The summed E-state index contributed by atoms with van der Waals surface area (Å²) >= 11 is 6.87. The summed E-state index contributed by atoms with van der Waals surface area (Å²) in [4.78, 5) is 15.1. The van der Waals surface area contributed by atoms with Crippen LogP contribution in [0.3, 0.4) is 0 Å². The van der Waals surface area contributed by atoms with E-state index in [0.717, 1.165) is 52.8 Å². The largest absolute Gasteiger partial charge is 0.573 e. The van der Waals surface area contributed by atoms with Crippen LogP contribution in [0, 0.1) is 5.82 Å². The lowest BCUT2D eigenvalue weighted by Crippen LogP contribution is -2.17. The molecule has 1 N–H and O–H groups in total. The maximum atomic E-state index is 14.7. The highest BCUT2D eigenvalue weighted by atomic mass is 35.5. The Morgan fingerprint density at radius 3 is 2.67 bits per heavy atom. The standard InChI is InChI=1S/C17H9ClF4N4O5S2/c18-10-5-14(33(28,29)25-15-23-7-24-32-15)11(19)3-8(10)6-26-12-2-1-9(31-17(20,21)22)4-13(12)30-16(26)27/h1-5,7H,6H2,(H,23,24,25). The molecular weight excluding hydrogens is 516 g/mol. The maximum Gasteiger partial charge on any atom is 0.573 e. The SMILES string of the molecule is O=c1oc2cc(OC(F)(F)F)ccc2n1Cc1cc(F)c(S(=O)(=O)Nc2ncns2)cc1Cl. The predicted octanol–water partition coefficient (Wildman–Crippen LogP) is 3.99. The second-order valence-corrected chi connectivity index (χ2v) is 9.20. The van der Waals surface area contributed by atoms with Gasteiger partial charge in [-0.3, -0.25) is 9.29 Å². The molecule has 9 nitrogen and oxygen atoms in total. The second kappa shape index (κ2) is 8.31. The van der Waals surface area contributed by atoms with E-state index in [-0.39, 0.29) is 33.4 Å². The van der Waals surface area contributed by atoms with Gasteiger partial charge < -0.3 is 9.15 Å². The minimum atomic E-state index is -4.94. The number of sulfonamides is 1. The molecule has 2 aromatic carbocycles. The monoisotopic (exact) mass is 524 g/mol. The van der Waals surface area contributed by atoms with Gasteiger partial charge in [0.25, 0.3) is 10.0 Å². The minimum absolute atomic E-state index is 0.0180. The number of nitrogens with one attached hydrogen (secondary N) is 1. The zero-order valence-electron chi connectivity index (χ0n) is 15.8. The lowest BCUT2D eigenvalue weighted by atomic mass is 10.2. The van der Waals surface area contributed by atoms with Gasteiger partial charge in [-0.1, -0.05) is 11.6 Å². The van der Waals surface area contributed by atoms with Crippen molar-refractivity contribution in [2.24, 2.45) is 0 Å². The first-order valence-corrected chi connectivity index (χ1v) is 11.2. The molecule has 0 radical (unpaired) electrons. The van der Waals surface area contributed by atoms with Crippen LogP contribution in [0.25, 0.3) is 11.1 Å². The van der Waals surface area contributed by atoms with E-state index in [1.807, 2.05) is 0 Å². The summed E-state index contributed by atoms with van der Waals surface area (Å²) in [5, 5.41) is -0.271. The summed E-state index contributed by atoms with van der Waals surface area (Å²) in [7, 11) is -4.37. The quantitative estimate of drug-likeness (QED) is 0.379. The molecule has 0 aliphatic carbocycles. The number of fused-ring (bicyclic) bond motifs is 1. The number of rotatable bonds is 6.